The number of allylic oxidation sites excluding steroid dienone is 2. The Balaban J connectivity index is 0. The predicted octanol–water partition coefficient (Wildman–Crippen LogP) is 2.61. The lowest BCUT2D eigenvalue weighted by molar-refractivity contribution is -0.297. The van der Waals surface area contributed by atoms with E-state index in [2.05, 4.69) is 26.3 Å². The second kappa shape index (κ2) is 13.7. The Morgan fingerprint density at radius 1 is 1.00 bits per heavy atom. The first kappa shape index (κ1) is 17.1. The van der Waals surface area contributed by atoms with E-state index in [-0.39, 0.29) is 0 Å². The molecule has 0 fully saturated rings. The fraction of sp³-hybridized carbons (Fsp3) is 0. The SMILES string of the molecule is C=CC(=O)[O-].C=CC=C.C=Cc1ccccc1. The lowest BCUT2D eigenvalue weighted by Gasteiger charge is -1.85. The molecule has 90 valence electrons. The minimum absolute atomic E-state index is 0.722. The Kier molecular flexibility index (Phi) is 13.7. The Bertz CT molecular complexity index is 344. The third-order valence-corrected chi connectivity index (χ3v) is 1.37. The molecule has 0 amide bonds. The zero-order valence-electron chi connectivity index (χ0n) is 9.84. The number of rotatable bonds is 3. The van der Waals surface area contributed by atoms with Crippen molar-refractivity contribution in [3.8, 4) is 0 Å². The van der Waals surface area contributed by atoms with Gasteiger partial charge in [-0.3, -0.25) is 0 Å². The molecule has 1 aromatic carbocycles. The monoisotopic (exact) mass is 229 g/mol. The molecule has 0 unspecified atom stereocenters. The van der Waals surface area contributed by atoms with Crippen LogP contribution in [0.4, 0.5) is 0 Å². The van der Waals surface area contributed by atoms with Crippen molar-refractivity contribution in [2.45, 2.75) is 0 Å². The maximum atomic E-state index is 9.14. The zero-order valence-corrected chi connectivity index (χ0v) is 9.84. The lowest BCUT2D eigenvalue weighted by Crippen LogP contribution is -2.17. The van der Waals surface area contributed by atoms with Crippen LogP contribution in [0.3, 0.4) is 0 Å². The Labute approximate surface area is 103 Å². The van der Waals surface area contributed by atoms with Crippen molar-refractivity contribution >= 4 is 12.0 Å². The number of carbonyl (C=O) groups is 1. The summed E-state index contributed by atoms with van der Waals surface area (Å²) in [6.45, 7) is 13.3. The Morgan fingerprint density at radius 2 is 1.41 bits per heavy atom. The highest BCUT2D eigenvalue weighted by atomic mass is 16.4. The molecule has 0 aromatic heterocycles. The van der Waals surface area contributed by atoms with E-state index in [0.29, 0.717) is 0 Å². The molecule has 0 saturated carbocycles. The summed E-state index contributed by atoms with van der Waals surface area (Å²) >= 11 is 0. The number of carbonyl (C=O) groups excluding carboxylic acids is 1. The van der Waals surface area contributed by atoms with Gasteiger partial charge < -0.3 is 9.90 Å². The molecule has 1 rings (SSSR count). The van der Waals surface area contributed by atoms with E-state index in [1.807, 2.05) is 36.4 Å². The minimum atomic E-state index is -1.23. The highest BCUT2D eigenvalue weighted by Crippen LogP contribution is 1.97. The molecule has 2 heteroatoms. The summed E-state index contributed by atoms with van der Waals surface area (Å²) in [7, 11) is 0. The average Bonchev–Trinajstić information content (AvgIpc) is 2.40. The van der Waals surface area contributed by atoms with Crippen LogP contribution < -0.4 is 5.11 Å². The molecule has 0 aliphatic heterocycles. The van der Waals surface area contributed by atoms with Crippen LogP contribution in [-0.2, 0) is 4.79 Å². The Morgan fingerprint density at radius 3 is 1.59 bits per heavy atom. The first-order valence-corrected chi connectivity index (χ1v) is 4.86. The number of benzene rings is 1. The van der Waals surface area contributed by atoms with Gasteiger partial charge in [-0.25, -0.2) is 0 Å². The van der Waals surface area contributed by atoms with Crippen LogP contribution in [0, 0.1) is 0 Å². The number of carboxylic acid groups (broad SMARTS) is 1. The number of carboxylic acids is 1. The van der Waals surface area contributed by atoms with Gasteiger partial charge in [0.25, 0.3) is 0 Å². The fourth-order valence-electron chi connectivity index (χ4n) is 0.589. The first-order valence-electron chi connectivity index (χ1n) is 4.86. The fourth-order valence-corrected chi connectivity index (χ4v) is 0.589. The summed E-state index contributed by atoms with van der Waals surface area (Å²) in [6, 6.07) is 10.0. The van der Waals surface area contributed by atoms with Crippen LogP contribution in [-0.4, -0.2) is 5.97 Å². The van der Waals surface area contributed by atoms with Crippen LogP contribution in [0.15, 0.2) is 74.9 Å². The van der Waals surface area contributed by atoms with Crippen LogP contribution in [0.5, 0.6) is 0 Å². The van der Waals surface area contributed by atoms with Gasteiger partial charge in [0.05, 0.1) is 5.97 Å². The maximum absolute atomic E-state index is 9.14. The maximum Gasteiger partial charge on any atom is 0.0636 e. The molecule has 0 radical (unpaired) electrons. The summed E-state index contributed by atoms with van der Waals surface area (Å²) in [6.07, 6.45) is 5.83. The van der Waals surface area contributed by atoms with Crippen molar-refractivity contribution in [3.05, 3.63) is 80.4 Å². The van der Waals surface area contributed by atoms with Gasteiger partial charge in [0.15, 0.2) is 0 Å². The van der Waals surface area contributed by atoms with Crippen molar-refractivity contribution in [1.29, 1.82) is 0 Å². The van der Waals surface area contributed by atoms with Crippen molar-refractivity contribution < 1.29 is 9.90 Å². The van der Waals surface area contributed by atoms with E-state index in [1.54, 1.807) is 12.2 Å². The Hall–Kier alpha value is -2.35. The quantitative estimate of drug-likeness (QED) is 0.590. The van der Waals surface area contributed by atoms with Crippen molar-refractivity contribution in [1.82, 2.24) is 0 Å². The van der Waals surface area contributed by atoms with Gasteiger partial charge in [0.2, 0.25) is 0 Å². The number of aliphatic carboxylic acids is 1. The molecule has 0 aliphatic carbocycles. The van der Waals surface area contributed by atoms with Crippen molar-refractivity contribution in [2.24, 2.45) is 0 Å². The summed E-state index contributed by atoms with van der Waals surface area (Å²) < 4.78 is 0. The van der Waals surface area contributed by atoms with Gasteiger partial charge in [0.1, 0.15) is 0 Å². The largest absolute Gasteiger partial charge is 0.545 e. The smallest absolute Gasteiger partial charge is 0.0636 e. The molecule has 17 heavy (non-hydrogen) atoms. The van der Waals surface area contributed by atoms with Crippen LogP contribution in [0.2, 0.25) is 0 Å². The second-order valence-electron chi connectivity index (χ2n) is 2.61. The minimum Gasteiger partial charge on any atom is -0.545 e. The summed E-state index contributed by atoms with van der Waals surface area (Å²) in [5, 5.41) is 9.14. The van der Waals surface area contributed by atoms with Gasteiger partial charge in [-0.15, -0.1) is 0 Å². The molecule has 0 aliphatic rings. The van der Waals surface area contributed by atoms with Crippen LogP contribution in [0.1, 0.15) is 5.56 Å². The molecule has 0 heterocycles. The van der Waals surface area contributed by atoms with Gasteiger partial charge >= 0.3 is 0 Å². The molecule has 0 bridgehead atoms. The van der Waals surface area contributed by atoms with Crippen LogP contribution >= 0.6 is 0 Å². The lowest BCUT2D eigenvalue weighted by atomic mass is 10.2. The highest BCUT2D eigenvalue weighted by molar-refractivity contribution is 5.76. The molecule has 0 spiro atoms. The molecule has 0 saturated heterocycles. The van der Waals surface area contributed by atoms with E-state index in [9.17, 15) is 0 Å². The topological polar surface area (TPSA) is 40.1 Å². The molecule has 0 atom stereocenters. The average molecular weight is 229 g/mol. The van der Waals surface area contributed by atoms with Crippen molar-refractivity contribution in [3.63, 3.8) is 0 Å². The number of hydrogen-bond acceptors (Lipinski definition) is 2. The van der Waals surface area contributed by atoms with E-state index in [0.717, 1.165) is 6.08 Å². The van der Waals surface area contributed by atoms with E-state index in [4.69, 9.17) is 9.90 Å². The van der Waals surface area contributed by atoms with E-state index < -0.39 is 5.97 Å². The normalized spacial score (nSPS) is 7.06. The number of hydrogen-bond donors (Lipinski definition) is 0. The third kappa shape index (κ3) is 16.3. The summed E-state index contributed by atoms with van der Waals surface area (Å²) in [4.78, 5) is 9.14. The molecular formula is C15H17O2-. The van der Waals surface area contributed by atoms with Gasteiger partial charge in [-0.05, 0) is 11.6 Å². The van der Waals surface area contributed by atoms with E-state index in [1.165, 1.54) is 5.56 Å². The van der Waals surface area contributed by atoms with Gasteiger partial charge in [0, 0.05) is 0 Å². The molecule has 1 aromatic rings. The van der Waals surface area contributed by atoms with Crippen LogP contribution in [0.25, 0.3) is 6.08 Å². The summed E-state index contributed by atoms with van der Waals surface area (Å²) in [5.74, 6) is -1.23. The molecular weight excluding hydrogens is 212 g/mol. The highest BCUT2D eigenvalue weighted by Gasteiger charge is 1.75. The third-order valence-electron chi connectivity index (χ3n) is 1.37. The van der Waals surface area contributed by atoms with Crippen molar-refractivity contribution in [2.75, 3.05) is 0 Å². The molecule has 2 nitrogen and oxygen atoms in total. The van der Waals surface area contributed by atoms with E-state index >= 15 is 0 Å². The van der Waals surface area contributed by atoms with Gasteiger partial charge in [-0.1, -0.05) is 74.9 Å². The zero-order chi connectivity index (χ0) is 13.5. The standard InChI is InChI=1S/C8H8.C4H6.C3H4O2/c1-2-8-6-4-3-5-7-8;1-3-4-2;1-2-3(4)5/h2-7H,1H2;3-4H,1-2H2;2H,1H2,(H,4,5)/p-1. The van der Waals surface area contributed by atoms with Gasteiger partial charge in [-0.2, -0.15) is 0 Å². The summed E-state index contributed by atoms with van der Waals surface area (Å²) in [5.41, 5.74) is 1.17. The first-order chi connectivity index (χ1) is 8.12. The molecule has 0 N–H and O–H groups in total. The second-order valence-corrected chi connectivity index (χ2v) is 2.61. The predicted molar refractivity (Wildman–Crippen MR) is 72.1 cm³/mol.